The zero-order valence-electron chi connectivity index (χ0n) is 21.1. The Labute approximate surface area is 209 Å². The van der Waals surface area contributed by atoms with Crippen LogP contribution in [0.4, 0.5) is 11.6 Å². The molecule has 0 unspecified atom stereocenters. The third-order valence-electron chi connectivity index (χ3n) is 6.50. The number of rotatable bonds is 7. The minimum absolute atomic E-state index is 0.238. The number of nitrogens with one attached hydrogen (secondary N) is 1. The Balaban J connectivity index is 1.57. The molecule has 9 nitrogen and oxygen atoms in total. The van der Waals surface area contributed by atoms with Gasteiger partial charge in [-0.25, -0.2) is 19.3 Å². The Kier molecular flexibility index (Phi) is 5.97. The summed E-state index contributed by atoms with van der Waals surface area (Å²) in [5.41, 5.74) is 3.05. The molecule has 1 aliphatic heterocycles. The quantitative estimate of drug-likeness (QED) is 0.383. The lowest BCUT2D eigenvalue weighted by molar-refractivity contribution is 0.0738. The highest BCUT2D eigenvalue weighted by molar-refractivity contribution is 5.77. The first-order valence-corrected chi connectivity index (χ1v) is 12.1. The number of hydrogen-bond donors (Lipinski definition) is 2. The third kappa shape index (κ3) is 4.31. The number of anilines is 2. The van der Waals surface area contributed by atoms with Gasteiger partial charge in [0.25, 0.3) is 5.56 Å². The van der Waals surface area contributed by atoms with Crippen molar-refractivity contribution in [3.8, 4) is 5.82 Å². The van der Waals surface area contributed by atoms with Crippen molar-refractivity contribution in [3.05, 3.63) is 82.4 Å². The zero-order valence-corrected chi connectivity index (χ0v) is 21.1. The lowest BCUT2D eigenvalue weighted by Gasteiger charge is -2.18. The van der Waals surface area contributed by atoms with Gasteiger partial charge in [-0.05, 0) is 63.1 Å². The SMILES string of the molecule is C=CCn1c(=O)c2cnc(Nc3ccc4c(c3)CN(C(C)C)C4)nc2n1-c1cccc(C(C)(C)O)n1. The van der Waals surface area contributed by atoms with Gasteiger partial charge in [0, 0.05) is 31.0 Å². The summed E-state index contributed by atoms with van der Waals surface area (Å²) >= 11 is 0. The highest BCUT2D eigenvalue weighted by atomic mass is 16.3. The van der Waals surface area contributed by atoms with Crippen molar-refractivity contribution in [2.75, 3.05) is 5.32 Å². The first-order valence-electron chi connectivity index (χ1n) is 12.1. The molecule has 186 valence electrons. The standard InChI is InChI=1S/C27H31N7O2/c1-6-12-33-25(35)21-14-28-26(29-20-11-10-18-15-32(17(2)3)16-19(18)13-20)31-24(21)34(33)23-9-7-8-22(30-23)27(4,5)36/h6-11,13-14,17,36H,1,12,15-16H2,2-5H3,(H,28,29,31). The molecule has 0 bridgehead atoms. The van der Waals surface area contributed by atoms with Crippen molar-refractivity contribution < 1.29 is 5.11 Å². The van der Waals surface area contributed by atoms with Crippen molar-refractivity contribution in [1.82, 2.24) is 29.2 Å². The zero-order chi connectivity index (χ0) is 25.6. The molecule has 0 amide bonds. The number of hydrogen-bond acceptors (Lipinski definition) is 7. The Morgan fingerprint density at radius 1 is 1.17 bits per heavy atom. The molecule has 1 aromatic carbocycles. The molecular formula is C27H31N7O2. The topological polar surface area (TPSA) is 101 Å². The van der Waals surface area contributed by atoms with Crippen LogP contribution in [0, 0.1) is 0 Å². The van der Waals surface area contributed by atoms with Gasteiger partial charge in [-0.3, -0.25) is 9.69 Å². The average molecular weight is 486 g/mol. The number of aromatic nitrogens is 5. The van der Waals surface area contributed by atoms with Crippen LogP contribution in [0.3, 0.4) is 0 Å². The van der Waals surface area contributed by atoms with E-state index in [0.29, 0.717) is 34.5 Å². The monoisotopic (exact) mass is 485 g/mol. The molecule has 0 atom stereocenters. The smallest absolute Gasteiger partial charge is 0.278 e. The van der Waals surface area contributed by atoms with Gasteiger partial charge in [-0.2, -0.15) is 4.98 Å². The third-order valence-corrected chi connectivity index (χ3v) is 6.50. The fraction of sp³-hybridized carbons (Fsp3) is 0.333. The van der Waals surface area contributed by atoms with E-state index in [0.717, 1.165) is 18.8 Å². The van der Waals surface area contributed by atoms with Gasteiger partial charge >= 0.3 is 0 Å². The van der Waals surface area contributed by atoms with Crippen LogP contribution in [0.5, 0.6) is 0 Å². The van der Waals surface area contributed by atoms with Crippen molar-refractivity contribution in [1.29, 1.82) is 0 Å². The van der Waals surface area contributed by atoms with Crippen LogP contribution in [-0.2, 0) is 25.2 Å². The second-order valence-electron chi connectivity index (χ2n) is 9.97. The fourth-order valence-corrected chi connectivity index (χ4v) is 4.48. The molecular weight excluding hydrogens is 454 g/mol. The Morgan fingerprint density at radius 3 is 2.67 bits per heavy atom. The van der Waals surface area contributed by atoms with E-state index < -0.39 is 5.60 Å². The maximum atomic E-state index is 13.2. The maximum Gasteiger partial charge on any atom is 0.278 e. The summed E-state index contributed by atoms with van der Waals surface area (Å²) in [6.07, 6.45) is 3.19. The summed E-state index contributed by atoms with van der Waals surface area (Å²) in [6, 6.07) is 12.1. The summed E-state index contributed by atoms with van der Waals surface area (Å²) in [5.74, 6) is 0.851. The van der Waals surface area contributed by atoms with Gasteiger partial charge in [0.05, 0.1) is 12.2 Å². The van der Waals surface area contributed by atoms with Crippen LogP contribution < -0.4 is 10.9 Å². The van der Waals surface area contributed by atoms with Crippen molar-refractivity contribution in [3.63, 3.8) is 0 Å². The summed E-state index contributed by atoms with van der Waals surface area (Å²) < 4.78 is 3.17. The second-order valence-corrected chi connectivity index (χ2v) is 9.97. The molecule has 0 radical (unpaired) electrons. The Bertz CT molecular complexity index is 1510. The van der Waals surface area contributed by atoms with Gasteiger partial charge in [0.2, 0.25) is 5.95 Å². The highest BCUT2D eigenvalue weighted by Gasteiger charge is 2.23. The van der Waals surface area contributed by atoms with Crippen molar-refractivity contribution in [2.45, 2.75) is 59.0 Å². The van der Waals surface area contributed by atoms with Crippen LogP contribution in [0.2, 0.25) is 0 Å². The normalized spacial score (nSPS) is 13.9. The molecule has 0 saturated carbocycles. The molecule has 0 fully saturated rings. The molecule has 4 aromatic rings. The van der Waals surface area contributed by atoms with Crippen LogP contribution in [0.15, 0.2) is 60.0 Å². The number of benzene rings is 1. The maximum absolute atomic E-state index is 13.2. The number of allylic oxidation sites excluding steroid dienone is 1. The molecule has 36 heavy (non-hydrogen) atoms. The van der Waals surface area contributed by atoms with Gasteiger partial charge in [-0.1, -0.05) is 18.2 Å². The van der Waals surface area contributed by atoms with Crippen molar-refractivity contribution in [2.24, 2.45) is 0 Å². The predicted molar refractivity (Wildman–Crippen MR) is 140 cm³/mol. The first-order chi connectivity index (χ1) is 17.2. The predicted octanol–water partition coefficient (Wildman–Crippen LogP) is 3.86. The Hall–Kier alpha value is -3.82. The summed E-state index contributed by atoms with van der Waals surface area (Å²) in [7, 11) is 0. The average Bonchev–Trinajstić information content (AvgIpc) is 3.38. The van der Waals surface area contributed by atoms with Gasteiger partial charge in [0.15, 0.2) is 11.5 Å². The Morgan fingerprint density at radius 2 is 1.94 bits per heavy atom. The molecule has 5 rings (SSSR count). The molecule has 0 spiro atoms. The van der Waals surface area contributed by atoms with E-state index >= 15 is 0 Å². The minimum Gasteiger partial charge on any atom is -0.384 e. The summed E-state index contributed by atoms with van der Waals surface area (Å²) in [6.45, 7) is 13.7. The van der Waals surface area contributed by atoms with Crippen LogP contribution >= 0.6 is 0 Å². The van der Waals surface area contributed by atoms with E-state index in [-0.39, 0.29) is 12.1 Å². The molecule has 2 N–H and O–H groups in total. The van der Waals surface area contributed by atoms with E-state index in [2.05, 4.69) is 52.7 Å². The molecule has 0 aliphatic carbocycles. The van der Waals surface area contributed by atoms with E-state index in [1.807, 2.05) is 6.07 Å². The molecule has 0 saturated heterocycles. The lowest BCUT2D eigenvalue weighted by Crippen LogP contribution is -2.24. The lowest BCUT2D eigenvalue weighted by atomic mass is 10.1. The van der Waals surface area contributed by atoms with E-state index in [9.17, 15) is 9.90 Å². The molecule has 1 aliphatic rings. The van der Waals surface area contributed by atoms with Crippen LogP contribution in [-0.4, -0.2) is 40.4 Å². The fourth-order valence-electron chi connectivity index (χ4n) is 4.48. The summed E-state index contributed by atoms with van der Waals surface area (Å²) in [4.78, 5) is 29.4. The largest absolute Gasteiger partial charge is 0.384 e. The second kappa shape index (κ2) is 9.00. The molecule has 9 heteroatoms. The number of pyridine rings is 1. The van der Waals surface area contributed by atoms with E-state index in [4.69, 9.17) is 4.98 Å². The van der Waals surface area contributed by atoms with Gasteiger partial charge in [0.1, 0.15) is 11.0 Å². The molecule has 4 heterocycles. The minimum atomic E-state index is -1.14. The number of aliphatic hydroxyl groups is 1. The summed E-state index contributed by atoms with van der Waals surface area (Å²) in [5, 5.41) is 14.2. The van der Waals surface area contributed by atoms with Gasteiger partial charge in [-0.15, -0.1) is 6.58 Å². The first kappa shape index (κ1) is 23.9. The molecule has 3 aromatic heterocycles. The van der Waals surface area contributed by atoms with Crippen molar-refractivity contribution >= 4 is 22.7 Å². The van der Waals surface area contributed by atoms with Crippen LogP contribution in [0.25, 0.3) is 16.9 Å². The van der Waals surface area contributed by atoms with E-state index in [1.165, 1.54) is 22.0 Å². The van der Waals surface area contributed by atoms with E-state index in [1.54, 1.807) is 42.8 Å². The number of fused-ring (bicyclic) bond motifs is 2. The number of nitrogens with zero attached hydrogens (tertiary/aromatic N) is 6. The van der Waals surface area contributed by atoms with Gasteiger partial charge < -0.3 is 10.4 Å². The van der Waals surface area contributed by atoms with Crippen LogP contribution in [0.1, 0.15) is 44.5 Å². The highest BCUT2D eigenvalue weighted by Crippen LogP contribution is 2.28.